The Morgan fingerprint density at radius 1 is 1.16 bits per heavy atom. The highest BCUT2D eigenvalue weighted by Crippen LogP contribution is 2.33. The van der Waals surface area contributed by atoms with E-state index in [1.165, 1.54) is 11.1 Å². The maximum atomic E-state index is 11.4. The van der Waals surface area contributed by atoms with Crippen LogP contribution in [-0.4, -0.2) is 17.4 Å². The molecule has 0 radical (unpaired) electrons. The molecule has 0 fully saturated rings. The maximum absolute atomic E-state index is 11.4. The van der Waals surface area contributed by atoms with Crippen LogP contribution in [0.4, 0.5) is 11.5 Å². The molecule has 1 unspecified atom stereocenters. The lowest BCUT2D eigenvalue weighted by Crippen LogP contribution is -2.21. The number of aromatic nitrogens is 1. The summed E-state index contributed by atoms with van der Waals surface area (Å²) >= 11 is 0. The first-order valence-corrected chi connectivity index (χ1v) is 8.48. The van der Waals surface area contributed by atoms with Crippen molar-refractivity contribution in [1.82, 2.24) is 4.98 Å². The zero-order valence-electron chi connectivity index (χ0n) is 13.8. The number of nitrogens with one attached hydrogen (secondary N) is 2. The molecule has 3 aromatic rings. The van der Waals surface area contributed by atoms with Crippen LogP contribution in [-0.2, 0) is 11.2 Å². The van der Waals surface area contributed by atoms with Gasteiger partial charge in [0.15, 0.2) is 0 Å². The van der Waals surface area contributed by atoms with Crippen LogP contribution in [0.15, 0.2) is 54.6 Å². The van der Waals surface area contributed by atoms with Gasteiger partial charge >= 0.3 is 0 Å². The molecule has 1 aliphatic carbocycles. The first kappa shape index (κ1) is 15.6. The van der Waals surface area contributed by atoms with Gasteiger partial charge in [-0.3, -0.25) is 4.79 Å². The standard InChI is InChI=1S/C20H20N4O/c21-12-20(25)22-15-7-9-17-14(11-15)6-10-19(23-17)24-18-8-5-13-3-1-2-4-16(13)18/h1-4,6-7,9-11,18H,5,8,12,21H2,(H,22,25)(H,23,24). The summed E-state index contributed by atoms with van der Waals surface area (Å²) in [7, 11) is 0. The monoisotopic (exact) mass is 332 g/mol. The molecule has 1 atom stereocenters. The van der Waals surface area contributed by atoms with Crippen LogP contribution in [0.5, 0.6) is 0 Å². The van der Waals surface area contributed by atoms with E-state index in [-0.39, 0.29) is 12.5 Å². The van der Waals surface area contributed by atoms with Gasteiger partial charge < -0.3 is 16.4 Å². The Balaban J connectivity index is 1.56. The average Bonchev–Trinajstić information content (AvgIpc) is 3.05. The first-order valence-electron chi connectivity index (χ1n) is 8.48. The van der Waals surface area contributed by atoms with Crippen LogP contribution in [0.25, 0.3) is 10.9 Å². The number of fused-ring (bicyclic) bond motifs is 2. The molecule has 25 heavy (non-hydrogen) atoms. The number of hydrogen-bond donors (Lipinski definition) is 3. The first-order chi connectivity index (χ1) is 12.2. The third kappa shape index (κ3) is 3.19. The quantitative estimate of drug-likeness (QED) is 0.685. The van der Waals surface area contributed by atoms with E-state index in [0.717, 1.165) is 35.2 Å². The van der Waals surface area contributed by atoms with Crippen LogP contribution in [0, 0.1) is 0 Å². The predicted molar refractivity (Wildman–Crippen MR) is 101 cm³/mol. The molecular weight excluding hydrogens is 312 g/mol. The number of nitrogens with two attached hydrogens (primary N) is 1. The molecular formula is C20H20N4O. The summed E-state index contributed by atoms with van der Waals surface area (Å²) < 4.78 is 0. The Hall–Kier alpha value is -2.92. The SMILES string of the molecule is NCC(=O)Nc1ccc2nc(NC3CCc4ccccc43)ccc2c1. The van der Waals surface area contributed by atoms with Gasteiger partial charge in [-0.2, -0.15) is 0 Å². The van der Waals surface area contributed by atoms with E-state index in [1.807, 2.05) is 30.3 Å². The highest BCUT2D eigenvalue weighted by Gasteiger charge is 2.21. The number of anilines is 2. The molecule has 0 saturated heterocycles. The molecule has 5 heteroatoms. The summed E-state index contributed by atoms with van der Waals surface area (Å²) in [6, 6.07) is 18.5. The molecule has 0 bridgehead atoms. The number of hydrogen-bond acceptors (Lipinski definition) is 4. The summed E-state index contributed by atoms with van der Waals surface area (Å²) in [6.07, 6.45) is 2.19. The molecule has 1 amide bonds. The Morgan fingerprint density at radius 2 is 2.04 bits per heavy atom. The third-order valence-electron chi connectivity index (χ3n) is 4.61. The van der Waals surface area contributed by atoms with E-state index >= 15 is 0 Å². The van der Waals surface area contributed by atoms with Crippen LogP contribution < -0.4 is 16.4 Å². The molecule has 4 N–H and O–H groups in total. The lowest BCUT2D eigenvalue weighted by molar-refractivity contribution is -0.114. The lowest BCUT2D eigenvalue weighted by Gasteiger charge is -2.15. The molecule has 5 nitrogen and oxygen atoms in total. The number of aryl methyl sites for hydroxylation is 1. The fourth-order valence-electron chi connectivity index (χ4n) is 3.38. The maximum Gasteiger partial charge on any atom is 0.238 e. The largest absolute Gasteiger partial charge is 0.363 e. The van der Waals surface area contributed by atoms with E-state index in [9.17, 15) is 4.79 Å². The zero-order valence-corrected chi connectivity index (χ0v) is 13.8. The van der Waals surface area contributed by atoms with Gasteiger partial charge in [-0.05, 0) is 54.3 Å². The van der Waals surface area contributed by atoms with E-state index < -0.39 is 0 Å². The number of carbonyl (C=O) groups excluding carboxylic acids is 1. The lowest BCUT2D eigenvalue weighted by atomic mass is 10.1. The highest BCUT2D eigenvalue weighted by atomic mass is 16.1. The smallest absolute Gasteiger partial charge is 0.238 e. The average molecular weight is 332 g/mol. The normalized spacial score (nSPS) is 15.8. The van der Waals surface area contributed by atoms with Crippen molar-refractivity contribution in [2.24, 2.45) is 5.73 Å². The molecule has 2 aromatic carbocycles. The highest BCUT2D eigenvalue weighted by molar-refractivity contribution is 5.94. The van der Waals surface area contributed by atoms with Crippen molar-refractivity contribution in [2.75, 3.05) is 17.2 Å². The number of pyridine rings is 1. The fourth-order valence-corrected chi connectivity index (χ4v) is 3.38. The van der Waals surface area contributed by atoms with Gasteiger partial charge in [0.05, 0.1) is 18.1 Å². The van der Waals surface area contributed by atoms with Crippen molar-refractivity contribution in [1.29, 1.82) is 0 Å². The summed E-state index contributed by atoms with van der Waals surface area (Å²) in [6.45, 7) is -0.0258. The number of benzene rings is 2. The van der Waals surface area contributed by atoms with Crippen LogP contribution in [0.1, 0.15) is 23.6 Å². The summed E-state index contributed by atoms with van der Waals surface area (Å²) in [5, 5.41) is 7.29. The fraction of sp³-hybridized carbons (Fsp3) is 0.200. The van der Waals surface area contributed by atoms with Gasteiger partial charge in [0.1, 0.15) is 5.82 Å². The molecule has 0 spiro atoms. The third-order valence-corrected chi connectivity index (χ3v) is 4.61. The van der Waals surface area contributed by atoms with E-state index in [4.69, 9.17) is 10.7 Å². The summed E-state index contributed by atoms with van der Waals surface area (Å²) in [5.41, 5.74) is 9.74. The Morgan fingerprint density at radius 3 is 2.92 bits per heavy atom. The van der Waals surface area contributed by atoms with Gasteiger partial charge in [0.25, 0.3) is 0 Å². The van der Waals surface area contributed by atoms with Gasteiger partial charge in [0, 0.05) is 11.1 Å². The minimum atomic E-state index is -0.203. The molecule has 0 aliphatic heterocycles. The second kappa shape index (κ2) is 6.53. The predicted octanol–water partition coefficient (Wildman–Crippen LogP) is 3.23. The van der Waals surface area contributed by atoms with Gasteiger partial charge in [-0.1, -0.05) is 24.3 Å². The second-order valence-corrected chi connectivity index (χ2v) is 6.29. The van der Waals surface area contributed by atoms with E-state index in [1.54, 1.807) is 0 Å². The van der Waals surface area contributed by atoms with Gasteiger partial charge in [0.2, 0.25) is 5.91 Å². The molecule has 1 aromatic heterocycles. The van der Waals surface area contributed by atoms with Crippen molar-refractivity contribution in [3.8, 4) is 0 Å². The Kier molecular flexibility index (Phi) is 4.07. The van der Waals surface area contributed by atoms with Crippen LogP contribution in [0.2, 0.25) is 0 Å². The van der Waals surface area contributed by atoms with E-state index in [0.29, 0.717) is 6.04 Å². The number of carbonyl (C=O) groups is 1. The topological polar surface area (TPSA) is 80.0 Å². The van der Waals surface area contributed by atoms with Crippen molar-refractivity contribution >= 4 is 28.3 Å². The minimum absolute atomic E-state index is 0.0258. The van der Waals surface area contributed by atoms with Crippen LogP contribution >= 0.6 is 0 Å². The molecule has 0 saturated carbocycles. The van der Waals surface area contributed by atoms with E-state index in [2.05, 4.69) is 34.9 Å². The minimum Gasteiger partial charge on any atom is -0.363 e. The van der Waals surface area contributed by atoms with Crippen LogP contribution in [0.3, 0.4) is 0 Å². The van der Waals surface area contributed by atoms with Gasteiger partial charge in [-0.15, -0.1) is 0 Å². The molecule has 1 heterocycles. The number of amides is 1. The number of rotatable bonds is 4. The number of nitrogens with zero attached hydrogens (tertiary/aromatic N) is 1. The molecule has 1 aliphatic rings. The van der Waals surface area contributed by atoms with Crippen molar-refractivity contribution in [2.45, 2.75) is 18.9 Å². The molecule has 4 rings (SSSR count). The second-order valence-electron chi connectivity index (χ2n) is 6.29. The van der Waals surface area contributed by atoms with Gasteiger partial charge in [-0.25, -0.2) is 4.98 Å². The van der Waals surface area contributed by atoms with Crippen molar-refractivity contribution < 1.29 is 4.79 Å². The zero-order chi connectivity index (χ0) is 17.2. The Bertz CT molecular complexity index is 938. The summed E-state index contributed by atoms with van der Waals surface area (Å²) in [4.78, 5) is 16.1. The molecule has 126 valence electrons. The van der Waals surface area contributed by atoms with Crippen molar-refractivity contribution in [3.63, 3.8) is 0 Å². The Labute approximate surface area is 146 Å². The van der Waals surface area contributed by atoms with Crippen molar-refractivity contribution in [3.05, 3.63) is 65.7 Å². The summed E-state index contributed by atoms with van der Waals surface area (Å²) in [5.74, 6) is 0.665.